The molecule has 6 heteroatoms. The van der Waals surface area contributed by atoms with Gasteiger partial charge in [-0.25, -0.2) is 14.4 Å². The summed E-state index contributed by atoms with van der Waals surface area (Å²) in [5, 5.41) is -0.588. The number of ether oxygens (including phenoxy) is 1. The van der Waals surface area contributed by atoms with Crippen LogP contribution < -0.4 is 4.74 Å². The monoisotopic (exact) mass is 300 g/mol. The van der Waals surface area contributed by atoms with E-state index in [4.69, 9.17) is 27.9 Å². The minimum absolute atomic E-state index is 0.0943. The van der Waals surface area contributed by atoms with E-state index in [0.29, 0.717) is 5.56 Å². The molecular weight excluding hydrogens is 290 g/mol. The zero-order valence-corrected chi connectivity index (χ0v) is 11.8. The van der Waals surface area contributed by atoms with E-state index < -0.39 is 5.82 Å². The molecule has 0 amide bonds. The number of halogens is 3. The van der Waals surface area contributed by atoms with Gasteiger partial charge in [-0.2, -0.15) is 0 Å². The fourth-order valence-corrected chi connectivity index (χ4v) is 1.87. The lowest BCUT2D eigenvalue weighted by molar-refractivity contribution is 0.242. The predicted octanol–water partition coefficient (Wildman–Crippen LogP) is 4.38. The molecule has 0 aliphatic carbocycles. The third kappa shape index (κ3) is 3.33. The molecule has 0 fully saturated rings. The number of rotatable bonds is 3. The molecule has 1 aromatic carbocycles. The SMILES string of the molecule is CC(C)Oc1ccc(-c2nc(Cl)c(F)c(Cl)n2)cc1. The highest BCUT2D eigenvalue weighted by molar-refractivity contribution is 6.33. The van der Waals surface area contributed by atoms with Crippen molar-refractivity contribution >= 4 is 23.2 Å². The van der Waals surface area contributed by atoms with Crippen molar-refractivity contribution < 1.29 is 9.13 Å². The lowest BCUT2D eigenvalue weighted by atomic mass is 10.2. The van der Waals surface area contributed by atoms with E-state index >= 15 is 0 Å². The molecule has 1 aromatic heterocycles. The zero-order chi connectivity index (χ0) is 14.0. The van der Waals surface area contributed by atoms with Crippen LogP contribution in [0.3, 0.4) is 0 Å². The molecule has 100 valence electrons. The van der Waals surface area contributed by atoms with Gasteiger partial charge in [0, 0.05) is 5.56 Å². The number of hydrogen-bond donors (Lipinski definition) is 0. The Kier molecular flexibility index (Phi) is 4.22. The summed E-state index contributed by atoms with van der Waals surface area (Å²) in [5.74, 6) is 0.192. The van der Waals surface area contributed by atoms with Crippen molar-refractivity contribution in [1.82, 2.24) is 9.97 Å². The molecule has 2 aromatic rings. The lowest BCUT2D eigenvalue weighted by Gasteiger charge is -2.10. The molecule has 0 saturated carbocycles. The van der Waals surface area contributed by atoms with E-state index in [1.165, 1.54) is 0 Å². The summed E-state index contributed by atoms with van der Waals surface area (Å²) in [4.78, 5) is 7.70. The molecule has 0 radical (unpaired) electrons. The Morgan fingerprint density at radius 3 is 2.05 bits per heavy atom. The van der Waals surface area contributed by atoms with Crippen molar-refractivity contribution in [3.8, 4) is 17.1 Å². The Balaban J connectivity index is 2.32. The van der Waals surface area contributed by atoms with Crippen molar-refractivity contribution in [2.45, 2.75) is 20.0 Å². The molecule has 19 heavy (non-hydrogen) atoms. The van der Waals surface area contributed by atoms with E-state index in [1.807, 2.05) is 13.8 Å². The molecule has 1 heterocycles. The Bertz CT molecular complexity index is 565. The van der Waals surface area contributed by atoms with Crippen LogP contribution in [0.1, 0.15) is 13.8 Å². The molecule has 0 aliphatic heterocycles. The van der Waals surface area contributed by atoms with Gasteiger partial charge >= 0.3 is 0 Å². The molecule has 3 nitrogen and oxygen atoms in total. The molecule has 0 atom stereocenters. The number of aromatic nitrogens is 2. The van der Waals surface area contributed by atoms with Crippen LogP contribution in [0.25, 0.3) is 11.4 Å². The second kappa shape index (κ2) is 5.72. The van der Waals surface area contributed by atoms with Crippen LogP contribution in [-0.4, -0.2) is 16.1 Å². The molecule has 0 unspecified atom stereocenters. The van der Waals surface area contributed by atoms with E-state index in [0.717, 1.165) is 5.75 Å². The summed E-state index contributed by atoms with van der Waals surface area (Å²) in [7, 11) is 0. The van der Waals surface area contributed by atoms with Gasteiger partial charge in [-0.15, -0.1) is 0 Å². The first-order valence-corrected chi connectivity index (χ1v) is 6.38. The van der Waals surface area contributed by atoms with Crippen molar-refractivity contribution in [1.29, 1.82) is 0 Å². The second-order valence-electron chi connectivity index (χ2n) is 4.13. The van der Waals surface area contributed by atoms with E-state index in [9.17, 15) is 4.39 Å². The Morgan fingerprint density at radius 2 is 1.58 bits per heavy atom. The molecule has 0 spiro atoms. The van der Waals surface area contributed by atoms with Crippen LogP contribution in [0.4, 0.5) is 4.39 Å². The van der Waals surface area contributed by atoms with Crippen LogP contribution in [0.5, 0.6) is 5.75 Å². The second-order valence-corrected chi connectivity index (χ2v) is 4.85. The summed E-state index contributed by atoms with van der Waals surface area (Å²) in [6.07, 6.45) is 0.0943. The number of hydrogen-bond acceptors (Lipinski definition) is 3. The third-order valence-corrected chi connectivity index (χ3v) is 2.76. The first-order valence-electron chi connectivity index (χ1n) is 5.63. The van der Waals surface area contributed by atoms with E-state index in [-0.39, 0.29) is 22.2 Å². The van der Waals surface area contributed by atoms with Gasteiger partial charge in [0.1, 0.15) is 5.75 Å². The lowest BCUT2D eigenvalue weighted by Crippen LogP contribution is -2.05. The third-order valence-electron chi connectivity index (χ3n) is 2.25. The van der Waals surface area contributed by atoms with E-state index in [1.54, 1.807) is 24.3 Å². The molecule has 2 rings (SSSR count). The fourth-order valence-electron chi connectivity index (χ4n) is 1.48. The molecule has 0 bridgehead atoms. The molecule has 0 N–H and O–H groups in total. The van der Waals surface area contributed by atoms with Crippen LogP contribution in [0, 0.1) is 5.82 Å². The molecule has 0 saturated heterocycles. The van der Waals surface area contributed by atoms with Gasteiger partial charge in [-0.3, -0.25) is 0 Å². The topological polar surface area (TPSA) is 35.0 Å². The summed E-state index contributed by atoms with van der Waals surface area (Å²) < 4.78 is 18.7. The van der Waals surface area contributed by atoms with Crippen molar-refractivity contribution in [3.05, 3.63) is 40.4 Å². The Morgan fingerprint density at radius 1 is 1.05 bits per heavy atom. The van der Waals surface area contributed by atoms with Crippen molar-refractivity contribution in [2.24, 2.45) is 0 Å². The van der Waals surface area contributed by atoms with Crippen LogP contribution in [0.2, 0.25) is 10.3 Å². The van der Waals surface area contributed by atoms with E-state index in [2.05, 4.69) is 9.97 Å². The van der Waals surface area contributed by atoms with Gasteiger partial charge in [-0.05, 0) is 38.1 Å². The number of benzene rings is 1. The van der Waals surface area contributed by atoms with Gasteiger partial charge in [-0.1, -0.05) is 23.2 Å². The molecular formula is C13H11Cl2FN2O. The minimum atomic E-state index is -0.813. The normalized spacial score (nSPS) is 10.8. The maximum atomic E-state index is 13.2. The quantitative estimate of drug-likeness (QED) is 0.789. The highest BCUT2D eigenvalue weighted by Crippen LogP contribution is 2.25. The summed E-state index contributed by atoms with van der Waals surface area (Å²) in [6, 6.07) is 7.09. The maximum absolute atomic E-state index is 13.2. The largest absolute Gasteiger partial charge is 0.491 e. The minimum Gasteiger partial charge on any atom is -0.491 e. The highest BCUT2D eigenvalue weighted by atomic mass is 35.5. The number of nitrogens with zero attached hydrogens (tertiary/aromatic N) is 2. The van der Waals surface area contributed by atoms with Gasteiger partial charge in [0.2, 0.25) is 0 Å². The average Bonchev–Trinajstić information content (AvgIpc) is 2.35. The summed E-state index contributed by atoms with van der Waals surface area (Å²) in [5.41, 5.74) is 0.680. The smallest absolute Gasteiger partial charge is 0.197 e. The van der Waals surface area contributed by atoms with Crippen LogP contribution >= 0.6 is 23.2 Å². The molecule has 0 aliphatic rings. The maximum Gasteiger partial charge on any atom is 0.197 e. The van der Waals surface area contributed by atoms with Gasteiger partial charge < -0.3 is 4.74 Å². The Hall–Kier alpha value is -1.39. The average molecular weight is 301 g/mol. The predicted molar refractivity (Wildman–Crippen MR) is 73.2 cm³/mol. The van der Waals surface area contributed by atoms with Gasteiger partial charge in [0.15, 0.2) is 21.9 Å². The standard InChI is InChI=1S/C13H11Cl2FN2O/c1-7(2)19-9-5-3-8(4-6-9)13-17-11(14)10(16)12(15)18-13/h3-7H,1-2H3. The first kappa shape index (κ1) is 14.0. The van der Waals surface area contributed by atoms with Crippen LogP contribution in [0.15, 0.2) is 24.3 Å². The van der Waals surface area contributed by atoms with Gasteiger partial charge in [0.05, 0.1) is 6.10 Å². The summed E-state index contributed by atoms with van der Waals surface area (Å²) in [6.45, 7) is 3.88. The first-order chi connectivity index (χ1) is 8.97. The van der Waals surface area contributed by atoms with Crippen molar-refractivity contribution in [2.75, 3.05) is 0 Å². The summed E-state index contributed by atoms with van der Waals surface area (Å²) >= 11 is 11.3. The highest BCUT2D eigenvalue weighted by Gasteiger charge is 2.12. The Labute approximate surface area is 120 Å². The van der Waals surface area contributed by atoms with Crippen molar-refractivity contribution in [3.63, 3.8) is 0 Å². The zero-order valence-electron chi connectivity index (χ0n) is 10.3. The van der Waals surface area contributed by atoms with Gasteiger partial charge in [0.25, 0.3) is 0 Å². The van der Waals surface area contributed by atoms with Crippen LogP contribution in [-0.2, 0) is 0 Å². The fraction of sp³-hybridized carbons (Fsp3) is 0.231.